The molecule has 1 saturated heterocycles. The van der Waals surface area contributed by atoms with Crippen molar-refractivity contribution in [1.82, 2.24) is 15.5 Å². The maximum atomic E-state index is 14.1. The Morgan fingerprint density at radius 2 is 2.06 bits per heavy atom. The number of carbonyl (C=O) groups is 1. The van der Waals surface area contributed by atoms with E-state index in [4.69, 9.17) is 4.74 Å². The van der Waals surface area contributed by atoms with Crippen LogP contribution >= 0.6 is 0 Å². The minimum atomic E-state index is -0.385. The molecule has 0 aromatic heterocycles. The first-order valence-electron chi connectivity index (χ1n) is 10.7. The lowest BCUT2D eigenvalue weighted by Gasteiger charge is -2.19. The van der Waals surface area contributed by atoms with E-state index in [9.17, 15) is 9.18 Å². The van der Waals surface area contributed by atoms with Crippen molar-refractivity contribution in [2.75, 3.05) is 20.2 Å². The van der Waals surface area contributed by atoms with Crippen LogP contribution in [-0.4, -0.2) is 37.0 Å². The fourth-order valence-electron chi connectivity index (χ4n) is 3.65. The largest absolute Gasteiger partial charge is 0.494 e. The van der Waals surface area contributed by atoms with Crippen molar-refractivity contribution in [3.63, 3.8) is 0 Å². The van der Waals surface area contributed by atoms with E-state index >= 15 is 0 Å². The number of nitrogens with zero attached hydrogens (tertiary/aromatic N) is 2. The smallest absolute Gasteiger partial charge is 0.222 e. The molecule has 1 unspecified atom stereocenters. The number of aliphatic imine (C=N–C) groups is 1. The molecule has 1 heterocycles. The second kappa shape index (κ2) is 10.8. The highest BCUT2D eigenvalue weighted by molar-refractivity contribution is 5.80. The second-order valence-corrected chi connectivity index (χ2v) is 7.69. The van der Waals surface area contributed by atoms with Gasteiger partial charge in [0.05, 0.1) is 19.7 Å². The van der Waals surface area contributed by atoms with E-state index in [-0.39, 0.29) is 23.5 Å². The molecule has 31 heavy (non-hydrogen) atoms. The lowest BCUT2D eigenvalue weighted by atomic mass is 10.1. The molecule has 2 aromatic rings. The zero-order valence-electron chi connectivity index (χ0n) is 18.5. The summed E-state index contributed by atoms with van der Waals surface area (Å²) in [7, 11) is 1.45. The first kappa shape index (κ1) is 22.6. The summed E-state index contributed by atoms with van der Waals surface area (Å²) in [5.41, 5.74) is 2.99. The molecule has 1 atom stereocenters. The molecule has 2 aromatic carbocycles. The zero-order valence-corrected chi connectivity index (χ0v) is 18.5. The predicted octanol–water partition coefficient (Wildman–Crippen LogP) is 3.77. The Bertz CT molecular complexity index is 932. The van der Waals surface area contributed by atoms with Gasteiger partial charge in [0.15, 0.2) is 17.5 Å². The third-order valence-corrected chi connectivity index (χ3v) is 5.33. The van der Waals surface area contributed by atoms with Gasteiger partial charge in [-0.1, -0.05) is 30.3 Å². The molecule has 2 N–H and O–H groups in total. The average Bonchev–Trinajstić information content (AvgIpc) is 3.16. The van der Waals surface area contributed by atoms with Crippen LogP contribution in [0, 0.1) is 5.82 Å². The maximum Gasteiger partial charge on any atom is 0.222 e. The molecular formula is C24H31FN4O2. The first-order chi connectivity index (χ1) is 15.0. The number of guanidine groups is 1. The Labute approximate surface area is 183 Å². The highest BCUT2D eigenvalue weighted by atomic mass is 19.1. The van der Waals surface area contributed by atoms with Crippen LogP contribution in [0.5, 0.6) is 5.75 Å². The van der Waals surface area contributed by atoms with Crippen LogP contribution in [-0.2, 0) is 17.9 Å². The molecule has 1 amide bonds. The molecule has 1 aliphatic rings. The summed E-state index contributed by atoms with van der Waals surface area (Å²) in [4.78, 5) is 18.5. The van der Waals surface area contributed by atoms with Crippen molar-refractivity contribution in [3.05, 3.63) is 65.0 Å². The van der Waals surface area contributed by atoms with Gasteiger partial charge in [-0.25, -0.2) is 9.38 Å². The normalized spacial score (nSPS) is 15.2. The van der Waals surface area contributed by atoms with E-state index in [1.165, 1.54) is 13.2 Å². The molecule has 0 aliphatic carbocycles. The highest BCUT2D eigenvalue weighted by Gasteiger charge is 2.20. The number of nitrogens with one attached hydrogen (secondary N) is 2. The monoisotopic (exact) mass is 426 g/mol. The molecule has 1 fully saturated rings. The van der Waals surface area contributed by atoms with Gasteiger partial charge in [-0.2, -0.15) is 0 Å². The van der Waals surface area contributed by atoms with Crippen LogP contribution in [0.15, 0.2) is 47.5 Å². The summed E-state index contributed by atoms with van der Waals surface area (Å²) in [5, 5.41) is 6.56. The lowest BCUT2D eigenvalue weighted by molar-refractivity contribution is -0.128. The van der Waals surface area contributed by atoms with Crippen LogP contribution in [0.25, 0.3) is 0 Å². The molecule has 3 rings (SSSR count). The summed E-state index contributed by atoms with van der Waals surface area (Å²) in [6.07, 6.45) is 1.59. The molecule has 0 radical (unpaired) electrons. The lowest BCUT2D eigenvalue weighted by Crippen LogP contribution is -2.38. The van der Waals surface area contributed by atoms with Crippen molar-refractivity contribution in [3.8, 4) is 5.75 Å². The maximum absolute atomic E-state index is 14.1. The minimum absolute atomic E-state index is 0.134. The zero-order chi connectivity index (χ0) is 22.2. The van der Waals surface area contributed by atoms with Crippen molar-refractivity contribution < 1.29 is 13.9 Å². The van der Waals surface area contributed by atoms with Crippen LogP contribution in [0.2, 0.25) is 0 Å². The SMILES string of the molecule is CCNC(=NCc1cccc(CN2CCCC2=O)c1)NC(C)c1ccc(OC)c(F)c1. The van der Waals surface area contributed by atoms with Crippen molar-refractivity contribution in [2.45, 2.75) is 45.8 Å². The van der Waals surface area contributed by atoms with Gasteiger partial charge in [-0.3, -0.25) is 4.79 Å². The minimum Gasteiger partial charge on any atom is -0.494 e. The van der Waals surface area contributed by atoms with Crippen molar-refractivity contribution >= 4 is 11.9 Å². The number of methoxy groups -OCH3 is 1. The van der Waals surface area contributed by atoms with Gasteiger partial charge in [0.1, 0.15) is 0 Å². The average molecular weight is 427 g/mol. The quantitative estimate of drug-likeness (QED) is 0.498. The third kappa shape index (κ3) is 6.20. The van der Waals surface area contributed by atoms with Crippen molar-refractivity contribution in [1.29, 1.82) is 0 Å². The number of ether oxygens (including phenoxy) is 1. The molecule has 1 aliphatic heterocycles. The van der Waals surface area contributed by atoms with Crippen LogP contribution < -0.4 is 15.4 Å². The van der Waals surface area contributed by atoms with Crippen LogP contribution in [0.3, 0.4) is 0 Å². The second-order valence-electron chi connectivity index (χ2n) is 7.69. The van der Waals surface area contributed by atoms with Crippen LogP contribution in [0.1, 0.15) is 49.4 Å². The Balaban J connectivity index is 1.65. The van der Waals surface area contributed by atoms with Gasteiger partial charge >= 0.3 is 0 Å². The van der Waals surface area contributed by atoms with Gasteiger partial charge in [0.2, 0.25) is 5.91 Å². The highest BCUT2D eigenvalue weighted by Crippen LogP contribution is 2.21. The standard InChI is InChI=1S/C24H31FN4O2/c1-4-26-24(28-17(2)20-10-11-22(31-3)21(25)14-20)27-15-18-7-5-8-19(13-18)16-29-12-6-9-23(29)30/h5,7-8,10-11,13-14,17H,4,6,9,12,15-16H2,1-3H3,(H2,26,27,28). The van der Waals surface area contributed by atoms with E-state index < -0.39 is 0 Å². The summed E-state index contributed by atoms with van der Waals surface area (Å²) in [5.74, 6) is 0.730. The molecule has 0 saturated carbocycles. The summed E-state index contributed by atoms with van der Waals surface area (Å²) in [6, 6.07) is 13.0. The molecule has 0 bridgehead atoms. The van der Waals surface area contributed by atoms with Gasteiger partial charge in [0.25, 0.3) is 0 Å². The molecular weight excluding hydrogens is 395 g/mol. The van der Waals surface area contributed by atoms with Gasteiger partial charge in [0, 0.05) is 26.1 Å². The molecule has 6 nitrogen and oxygen atoms in total. The van der Waals surface area contributed by atoms with E-state index in [1.54, 1.807) is 6.07 Å². The van der Waals surface area contributed by atoms with E-state index in [0.717, 1.165) is 29.7 Å². The Kier molecular flexibility index (Phi) is 7.87. The molecule has 7 heteroatoms. The Morgan fingerprint density at radius 3 is 2.74 bits per heavy atom. The first-order valence-corrected chi connectivity index (χ1v) is 10.7. The number of amides is 1. The fraction of sp³-hybridized carbons (Fsp3) is 0.417. The number of halogens is 1. The summed E-state index contributed by atoms with van der Waals surface area (Å²) in [6.45, 7) is 6.66. The van der Waals surface area contributed by atoms with Gasteiger partial charge < -0.3 is 20.3 Å². The number of benzene rings is 2. The number of hydrogen-bond donors (Lipinski definition) is 2. The van der Waals surface area contributed by atoms with Gasteiger partial charge in [-0.15, -0.1) is 0 Å². The Hall–Kier alpha value is -3.09. The summed E-state index contributed by atoms with van der Waals surface area (Å²) >= 11 is 0. The fourth-order valence-corrected chi connectivity index (χ4v) is 3.65. The number of likely N-dealkylation sites (tertiary alicyclic amines) is 1. The summed E-state index contributed by atoms with van der Waals surface area (Å²) < 4.78 is 19.0. The van der Waals surface area contributed by atoms with Crippen LogP contribution in [0.4, 0.5) is 4.39 Å². The van der Waals surface area contributed by atoms with E-state index in [0.29, 0.717) is 32.0 Å². The molecule has 166 valence electrons. The number of hydrogen-bond acceptors (Lipinski definition) is 3. The third-order valence-electron chi connectivity index (χ3n) is 5.33. The Morgan fingerprint density at radius 1 is 1.26 bits per heavy atom. The van der Waals surface area contributed by atoms with E-state index in [2.05, 4.69) is 21.7 Å². The topological polar surface area (TPSA) is 66.0 Å². The number of rotatable bonds is 8. The van der Waals surface area contributed by atoms with E-state index in [1.807, 2.05) is 43.0 Å². The van der Waals surface area contributed by atoms with Crippen molar-refractivity contribution in [2.24, 2.45) is 4.99 Å². The number of carbonyl (C=O) groups excluding carboxylic acids is 1. The molecule has 0 spiro atoms. The predicted molar refractivity (Wildman–Crippen MR) is 120 cm³/mol. The van der Waals surface area contributed by atoms with Gasteiger partial charge in [-0.05, 0) is 49.1 Å².